The number of hydrogen-bond donors (Lipinski definition) is 1. The van der Waals surface area contributed by atoms with Crippen LogP contribution in [-0.4, -0.2) is 66.8 Å². The average molecular weight is 314 g/mol. The zero-order chi connectivity index (χ0) is 14.6. The second kappa shape index (κ2) is 7.73. The van der Waals surface area contributed by atoms with Gasteiger partial charge in [0.1, 0.15) is 0 Å². The van der Waals surface area contributed by atoms with Crippen molar-refractivity contribution in [2.75, 3.05) is 33.2 Å². The van der Waals surface area contributed by atoms with Crippen LogP contribution in [0.5, 0.6) is 0 Å². The lowest BCUT2D eigenvalue weighted by Crippen LogP contribution is -2.46. The summed E-state index contributed by atoms with van der Waals surface area (Å²) in [6.45, 7) is 4.27. The SMILES string of the molecule is CCN(CC)C(=O)CN(C)C(=O)C1CC(F)(F)CN1.Cl. The molecule has 0 saturated carbocycles. The van der Waals surface area contributed by atoms with E-state index < -0.39 is 30.8 Å². The topological polar surface area (TPSA) is 52.7 Å². The Morgan fingerprint density at radius 1 is 1.30 bits per heavy atom. The van der Waals surface area contributed by atoms with Gasteiger partial charge in [-0.05, 0) is 13.8 Å². The molecular formula is C12H22ClF2N3O2. The number of carbonyl (C=O) groups is 2. The van der Waals surface area contributed by atoms with Crippen molar-refractivity contribution in [1.29, 1.82) is 0 Å². The molecule has 0 aromatic heterocycles. The van der Waals surface area contributed by atoms with E-state index in [1.54, 1.807) is 4.90 Å². The maximum Gasteiger partial charge on any atom is 0.262 e. The first kappa shape index (κ1) is 19.1. The van der Waals surface area contributed by atoms with Gasteiger partial charge in [0.25, 0.3) is 5.92 Å². The fourth-order valence-corrected chi connectivity index (χ4v) is 2.11. The van der Waals surface area contributed by atoms with E-state index in [2.05, 4.69) is 5.32 Å². The number of halogens is 3. The molecule has 1 N–H and O–H groups in total. The number of hydrogen-bond acceptors (Lipinski definition) is 3. The molecule has 0 aliphatic carbocycles. The van der Waals surface area contributed by atoms with Crippen LogP contribution in [-0.2, 0) is 9.59 Å². The van der Waals surface area contributed by atoms with Crippen LogP contribution in [0.3, 0.4) is 0 Å². The minimum absolute atomic E-state index is 0. The Hall–Kier alpha value is -0.950. The van der Waals surface area contributed by atoms with Gasteiger partial charge < -0.3 is 9.80 Å². The normalized spacial score (nSPS) is 20.1. The first-order chi connectivity index (χ1) is 8.80. The molecular weight excluding hydrogens is 292 g/mol. The van der Waals surface area contributed by atoms with Gasteiger partial charge in [-0.1, -0.05) is 0 Å². The highest BCUT2D eigenvalue weighted by molar-refractivity contribution is 5.87. The van der Waals surface area contributed by atoms with Crippen LogP contribution in [0.25, 0.3) is 0 Å². The number of amides is 2. The van der Waals surface area contributed by atoms with E-state index in [1.165, 1.54) is 11.9 Å². The van der Waals surface area contributed by atoms with Gasteiger partial charge in [-0.2, -0.15) is 0 Å². The minimum atomic E-state index is -2.84. The number of nitrogens with zero attached hydrogens (tertiary/aromatic N) is 2. The van der Waals surface area contributed by atoms with Gasteiger partial charge in [0.15, 0.2) is 0 Å². The Morgan fingerprint density at radius 2 is 1.85 bits per heavy atom. The first-order valence-electron chi connectivity index (χ1n) is 6.44. The lowest BCUT2D eigenvalue weighted by Gasteiger charge is -2.25. The largest absolute Gasteiger partial charge is 0.342 e. The molecule has 1 saturated heterocycles. The number of alkyl halides is 2. The molecule has 5 nitrogen and oxygen atoms in total. The third-order valence-corrected chi connectivity index (χ3v) is 3.27. The van der Waals surface area contributed by atoms with Crippen molar-refractivity contribution in [2.45, 2.75) is 32.2 Å². The van der Waals surface area contributed by atoms with Gasteiger partial charge in [-0.3, -0.25) is 14.9 Å². The molecule has 1 aliphatic heterocycles. The Morgan fingerprint density at radius 3 is 2.25 bits per heavy atom. The fraction of sp³-hybridized carbons (Fsp3) is 0.833. The summed E-state index contributed by atoms with van der Waals surface area (Å²) in [7, 11) is 1.46. The van der Waals surface area contributed by atoms with Crippen molar-refractivity contribution in [1.82, 2.24) is 15.1 Å². The smallest absolute Gasteiger partial charge is 0.262 e. The summed E-state index contributed by atoms with van der Waals surface area (Å²) in [4.78, 5) is 26.6. The third kappa shape index (κ3) is 4.86. The monoisotopic (exact) mass is 313 g/mol. The molecule has 0 spiro atoms. The van der Waals surface area contributed by atoms with Crippen molar-refractivity contribution in [3.8, 4) is 0 Å². The van der Waals surface area contributed by atoms with Crippen LogP contribution >= 0.6 is 12.4 Å². The number of carbonyl (C=O) groups excluding carboxylic acids is 2. The van der Waals surface area contributed by atoms with Gasteiger partial charge >= 0.3 is 0 Å². The van der Waals surface area contributed by atoms with Crippen LogP contribution in [0, 0.1) is 0 Å². The van der Waals surface area contributed by atoms with Crippen LogP contribution in [0.2, 0.25) is 0 Å². The highest BCUT2D eigenvalue weighted by Gasteiger charge is 2.43. The van der Waals surface area contributed by atoms with E-state index in [9.17, 15) is 18.4 Å². The summed E-state index contributed by atoms with van der Waals surface area (Å²) in [6.07, 6.45) is -0.504. The second-order valence-corrected chi connectivity index (χ2v) is 4.75. The zero-order valence-corrected chi connectivity index (χ0v) is 12.8. The molecule has 8 heteroatoms. The van der Waals surface area contributed by atoms with Crippen LogP contribution in [0.4, 0.5) is 8.78 Å². The van der Waals surface area contributed by atoms with Crippen LogP contribution in [0.1, 0.15) is 20.3 Å². The fourth-order valence-electron chi connectivity index (χ4n) is 2.11. The maximum atomic E-state index is 13.0. The first-order valence-corrected chi connectivity index (χ1v) is 6.44. The zero-order valence-electron chi connectivity index (χ0n) is 12.0. The minimum Gasteiger partial charge on any atom is -0.342 e. The van der Waals surface area contributed by atoms with E-state index in [0.29, 0.717) is 13.1 Å². The van der Waals surface area contributed by atoms with E-state index in [4.69, 9.17) is 0 Å². The molecule has 0 radical (unpaired) electrons. The molecule has 1 rings (SSSR count). The summed E-state index contributed by atoms with van der Waals surface area (Å²) in [5, 5.41) is 2.49. The highest BCUT2D eigenvalue weighted by Crippen LogP contribution is 2.25. The number of rotatable bonds is 5. The van der Waals surface area contributed by atoms with Crippen LogP contribution < -0.4 is 5.32 Å². The average Bonchev–Trinajstić information content (AvgIpc) is 2.70. The summed E-state index contributed by atoms with van der Waals surface area (Å²) in [6, 6.07) is -0.899. The molecule has 1 fully saturated rings. The molecule has 118 valence electrons. The van der Waals surface area contributed by atoms with E-state index >= 15 is 0 Å². The molecule has 2 amide bonds. The van der Waals surface area contributed by atoms with Crippen molar-refractivity contribution in [3.63, 3.8) is 0 Å². The molecule has 1 atom stereocenters. The van der Waals surface area contributed by atoms with Gasteiger partial charge in [0, 0.05) is 26.6 Å². The number of nitrogens with one attached hydrogen (secondary N) is 1. The van der Waals surface area contributed by atoms with E-state index in [-0.39, 0.29) is 24.9 Å². The molecule has 0 aromatic carbocycles. The molecule has 1 aliphatic rings. The number of likely N-dealkylation sites (N-methyl/N-ethyl adjacent to an activating group) is 2. The molecule has 0 bridgehead atoms. The lowest BCUT2D eigenvalue weighted by molar-refractivity contribution is -0.140. The standard InChI is InChI=1S/C12H21F2N3O2.ClH/c1-4-17(5-2)10(18)7-16(3)11(19)9-6-12(13,14)8-15-9;/h9,15H,4-8H2,1-3H3;1H. The molecule has 20 heavy (non-hydrogen) atoms. The Labute approximate surface area is 124 Å². The van der Waals surface area contributed by atoms with E-state index in [1.807, 2.05) is 13.8 Å². The predicted molar refractivity (Wildman–Crippen MR) is 74.2 cm³/mol. The van der Waals surface area contributed by atoms with Crippen LogP contribution in [0.15, 0.2) is 0 Å². The summed E-state index contributed by atoms with van der Waals surface area (Å²) < 4.78 is 26.0. The summed E-state index contributed by atoms with van der Waals surface area (Å²) in [5.74, 6) is -3.48. The van der Waals surface area contributed by atoms with E-state index in [0.717, 1.165) is 0 Å². The maximum absolute atomic E-state index is 13.0. The van der Waals surface area contributed by atoms with Gasteiger partial charge in [0.2, 0.25) is 11.8 Å². The van der Waals surface area contributed by atoms with Crippen molar-refractivity contribution in [2.24, 2.45) is 0 Å². The van der Waals surface area contributed by atoms with Crippen molar-refractivity contribution in [3.05, 3.63) is 0 Å². The Kier molecular flexibility index (Phi) is 7.37. The van der Waals surface area contributed by atoms with Crippen molar-refractivity contribution >= 4 is 24.2 Å². The summed E-state index contributed by atoms with van der Waals surface area (Å²) >= 11 is 0. The Balaban J connectivity index is 0.00000361. The predicted octanol–water partition coefficient (Wildman–Crippen LogP) is 0.732. The lowest BCUT2D eigenvalue weighted by atomic mass is 10.1. The third-order valence-electron chi connectivity index (χ3n) is 3.27. The van der Waals surface area contributed by atoms with Crippen molar-refractivity contribution < 1.29 is 18.4 Å². The Bertz CT molecular complexity index is 352. The summed E-state index contributed by atoms with van der Waals surface area (Å²) in [5.41, 5.74) is 0. The quantitative estimate of drug-likeness (QED) is 0.814. The van der Waals surface area contributed by atoms with Gasteiger partial charge in [-0.15, -0.1) is 12.4 Å². The molecule has 0 aromatic rings. The van der Waals surface area contributed by atoms with Gasteiger partial charge in [-0.25, -0.2) is 8.78 Å². The molecule has 1 heterocycles. The molecule has 1 unspecified atom stereocenters. The highest BCUT2D eigenvalue weighted by atomic mass is 35.5. The van der Waals surface area contributed by atoms with Gasteiger partial charge in [0.05, 0.1) is 19.1 Å². The second-order valence-electron chi connectivity index (χ2n) is 4.75.